The first kappa shape index (κ1) is 38.2. The van der Waals surface area contributed by atoms with E-state index in [0.717, 1.165) is 27.9 Å². The molecule has 4 heterocycles. The number of aromatic nitrogens is 7. The van der Waals surface area contributed by atoms with Gasteiger partial charge in [0, 0.05) is 36.4 Å². The first-order valence-electron chi connectivity index (χ1n) is 18.7. The Hall–Kier alpha value is -6.07. The summed E-state index contributed by atoms with van der Waals surface area (Å²) in [5.74, 6) is -8.36. The number of carbonyl (C=O) groups excluding carboxylic acids is 1. The monoisotopic (exact) mass is 858 g/mol. The van der Waals surface area contributed by atoms with E-state index in [4.69, 9.17) is 16.6 Å². The standard InChI is InChI=1S/C42H29ClF6N8O2S/c1-18-34-27(43)6-8-31(37(34)55(2)53-18)57-40(52-29-12-20(3-5-24(29)41(57)59)21-4-7-28-32(13-21)60-17-50-28)30(11-19-9-22(44)14-23(45)10-19)51-33(58)16-56-38-35(36(54-56)39(46)47)25-15-26(25)42(38,48)49/h3-10,12-14,17,25-26,30,39H,11,15-16H2,1-2H3,(H,51,58)/t25-,26+,30-/m0/s1. The number of nitrogens with zero attached hydrogens (tertiary/aromatic N) is 7. The molecule has 1 N–H and O–H groups in total. The molecule has 0 unspecified atom stereocenters. The third-order valence-corrected chi connectivity index (χ3v) is 12.5. The minimum atomic E-state index is -3.50. The van der Waals surface area contributed by atoms with Gasteiger partial charge in [-0.1, -0.05) is 23.7 Å². The summed E-state index contributed by atoms with van der Waals surface area (Å²) in [6.07, 6.45) is -3.49. The lowest BCUT2D eigenvalue weighted by molar-refractivity contribution is -0.123. The van der Waals surface area contributed by atoms with E-state index in [9.17, 15) is 27.2 Å². The summed E-state index contributed by atoms with van der Waals surface area (Å²) < 4.78 is 93.1. The molecule has 1 amide bonds. The van der Waals surface area contributed by atoms with Crippen molar-refractivity contribution in [2.45, 2.75) is 50.6 Å². The molecule has 0 saturated heterocycles. The number of rotatable bonds is 9. The van der Waals surface area contributed by atoms with Crippen molar-refractivity contribution in [2.24, 2.45) is 13.0 Å². The van der Waals surface area contributed by atoms with Crippen LogP contribution in [0.1, 0.15) is 58.8 Å². The largest absolute Gasteiger partial charge is 0.344 e. The molecule has 4 aromatic carbocycles. The smallest absolute Gasteiger partial charge is 0.293 e. The number of amides is 1. The van der Waals surface area contributed by atoms with Crippen molar-refractivity contribution < 1.29 is 31.1 Å². The van der Waals surface area contributed by atoms with Gasteiger partial charge < -0.3 is 5.32 Å². The molecule has 304 valence electrons. The van der Waals surface area contributed by atoms with Crippen LogP contribution in [0.25, 0.3) is 48.8 Å². The van der Waals surface area contributed by atoms with Crippen LogP contribution in [0.2, 0.25) is 5.02 Å². The maximum Gasteiger partial charge on any atom is 0.293 e. The molecular formula is C42H29ClF6N8O2S. The number of hydrogen-bond donors (Lipinski definition) is 1. The van der Waals surface area contributed by atoms with Gasteiger partial charge in [0.15, 0.2) is 0 Å². The molecule has 18 heteroatoms. The number of benzene rings is 4. The van der Waals surface area contributed by atoms with Crippen LogP contribution in [0.4, 0.5) is 26.3 Å². The van der Waals surface area contributed by atoms with Gasteiger partial charge in [0.25, 0.3) is 17.9 Å². The Morgan fingerprint density at radius 1 is 1.00 bits per heavy atom. The molecule has 0 radical (unpaired) electrons. The van der Waals surface area contributed by atoms with Crippen molar-refractivity contribution in [1.82, 2.24) is 39.4 Å². The van der Waals surface area contributed by atoms with Gasteiger partial charge >= 0.3 is 0 Å². The van der Waals surface area contributed by atoms with E-state index in [1.54, 1.807) is 49.8 Å². The minimum absolute atomic E-state index is 0.0325. The fourth-order valence-electron chi connectivity index (χ4n) is 8.74. The quantitative estimate of drug-likeness (QED) is 0.145. The van der Waals surface area contributed by atoms with E-state index in [-0.39, 0.29) is 46.4 Å². The van der Waals surface area contributed by atoms with Crippen LogP contribution in [0.5, 0.6) is 0 Å². The highest BCUT2D eigenvalue weighted by Gasteiger charge is 2.67. The minimum Gasteiger partial charge on any atom is -0.344 e. The Morgan fingerprint density at radius 3 is 2.52 bits per heavy atom. The molecule has 1 fully saturated rings. The number of thiazole rings is 1. The van der Waals surface area contributed by atoms with Gasteiger partial charge in [0.1, 0.15) is 35.4 Å². The molecule has 10 rings (SSSR count). The van der Waals surface area contributed by atoms with Gasteiger partial charge in [-0.3, -0.25) is 23.5 Å². The van der Waals surface area contributed by atoms with Crippen molar-refractivity contribution in [3.63, 3.8) is 0 Å². The van der Waals surface area contributed by atoms with Crippen LogP contribution < -0.4 is 10.9 Å². The summed E-state index contributed by atoms with van der Waals surface area (Å²) in [5.41, 5.74) is 3.15. The summed E-state index contributed by atoms with van der Waals surface area (Å²) in [6.45, 7) is 0.831. The fourth-order valence-corrected chi connectivity index (χ4v) is 9.75. The molecule has 2 aliphatic carbocycles. The lowest BCUT2D eigenvalue weighted by Gasteiger charge is -2.24. The zero-order chi connectivity index (χ0) is 41.9. The van der Waals surface area contributed by atoms with E-state index in [1.807, 2.05) is 18.2 Å². The molecule has 2 aliphatic rings. The number of carbonyl (C=O) groups is 1. The van der Waals surface area contributed by atoms with E-state index < -0.39 is 71.3 Å². The number of aryl methyl sites for hydroxylation is 2. The maximum atomic E-state index is 15.5. The zero-order valence-electron chi connectivity index (χ0n) is 31.4. The Labute approximate surface area is 344 Å². The Morgan fingerprint density at radius 2 is 1.75 bits per heavy atom. The second-order valence-corrected chi connectivity index (χ2v) is 16.4. The number of nitrogens with one attached hydrogen (secondary N) is 1. The van der Waals surface area contributed by atoms with Crippen LogP contribution in [0.3, 0.4) is 0 Å². The molecule has 10 nitrogen and oxygen atoms in total. The fraction of sp³-hybridized carbons (Fsp3) is 0.238. The molecule has 60 heavy (non-hydrogen) atoms. The number of hydrogen-bond acceptors (Lipinski definition) is 7. The third-order valence-electron chi connectivity index (χ3n) is 11.4. The molecule has 3 atom stereocenters. The maximum absolute atomic E-state index is 15.5. The second-order valence-electron chi connectivity index (χ2n) is 15.2. The van der Waals surface area contributed by atoms with Gasteiger partial charge in [-0.2, -0.15) is 19.0 Å². The van der Waals surface area contributed by atoms with Gasteiger partial charge in [-0.25, -0.2) is 27.5 Å². The lowest BCUT2D eigenvalue weighted by atomic mass is 10.0. The van der Waals surface area contributed by atoms with Crippen LogP contribution in [0, 0.1) is 24.5 Å². The zero-order valence-corrected chi connectivity index (χ0v) is 32.9. The normalized spacial score (nSPS) is 17.2. The molecular weight excluding hydrogens is 830 g/mol. The van der Waals surface area contributed by atoms with Crippen molar-refractivity contribution in [2.75, 3.05) is 0 Å². The van der Waals surface area contributed by atoms with Gasteiger partial charge in [-0.05, 0) is 84.5 Å². The molecule has 8 aromatic rings. The highest BCUT2D eigenvalue weighted by Crippen LogP contribution is 2.68. The van der Waals surface area contributed by atoms with Crippen LogP contribution in [-0.2, 0) is 30.7 Å². The topological polar surface area (TPSA) is 113 Å². The molecule has 0 spiro atoms. The summed E-state index contributed by atoms with van der Waals surface area (Å²) >= 11 is 8.11. The molecule has 0 bridgehead atoms. The Bertz CT molecular complexity index is 3160. The van der Waals surface area contributed by atoms with E-state index in [1.165, 1.54) is 20.6 Å². The van der Waals surface area contributed by atoms with Crippen LogP contribution >= 0.6 is 22.9 Å². The van der Waals surface area contributed by atoms with E-state index in [2.05, 4.69) is 20.5 Å². The predicted octanol–water partition coefficient (Wildman–Crippen LogP) is 9.23. The first-order valence-corrected chi connectivity index (χ1v) is 20.0. The second kappa shape index (κ2) is 13.7. The molecule has 1 saturated carbocycles. The van der Waals surface area contributed by atoms with Crippen molar-refractivity contribution >= 4 is 60.9 Å². The first-order chi connectivity index (χ1) is 28.7. The Balaban J connectivity index is 1.17. The highest BCUT2D eigenvalue weighted by molar-refractivity contribution is 7.16. The summed E-state index contributed by atoms with van der Waals surface area (Å²) in [4.78, 5) is 38.4. The van der Waals surface area contributed by atoms with Gasteiger partial charge in [-0.15, -0.1) is 11.3 Å². The molecule has 0 aliphatic heterocycles. The number of fused-ring (bicyclic) bond motifs is 6. The van der Waals surface area contributed by atoms with Crippen LogP contribution in [0.15, 0.2) is 77.0 Å². The van der Waals surface area contributed by atoms with Crippen molar-refractivity contribution in [3.8, 4) is 16.8 Å². The highest BCUT2D eigenvalue weighted by atomic mass is 35.5. The lowest BCUT2D eigenvalue weighted by Crippen LogP contribution is -2.38. The molecule has 4 aromatic heterocycles. The summed E-state index contributed by atoms with van der Waals surface area (Å²) in [6, 6.07) is 15.3. The summed E-state index contributed by atoms with van der Waals surface area (Å²) in [5, 5.41) is 12.1. The Kier molecular flexibility index (Phi) is 8.74. The number of halogens is 7. The van der Waals surface area contributed by atoms with Crippen LogP contribution in [-0.4, -0.2) is 40.0 Å². The predicted molar refractivity (Wildman–Crippen MR) is 213 cm³/mol. The third kappa shape index (κ3) is 6.07. The average molecular weight is 859 g/mol. The average Bonchev–Trinajstić information content (AvgIpc) is 3.41. The van der Waals surface area contributed by atoms with E-state index in [0.29, 0.717) is 37.9 Å². The number of alkyl halides is 4. The van der Waals surface area contributed by atoms with Crippen molar-refractivity contribution in [1.29, 1.82) is 0 Å². The van der Waals surface area contributed by atoms with Crippen molar-refractivity contribution in [3.05, 3.63) is 133 Å². The SMILES string of the molecule is Cc1nn(C)c2c(-n3c([C@H](Cc4cc(F)cc(F)c4)NC(=O)Cn4nc(C(F)F)c5c4C(F)(F)[C@@H]4C[C@H]54)nc4cc(-c5ccc6ncsc6c5)ccc4c3=O)ccc(Cl)c12. The van der Waals surface area contributed by atoms with Gasteiger partial charge in [0.05, 0.1) is 54.6 Å². The van der Waals surface area contributed by atoms with E-state index >= 15 is 8.78 Å². The summed E-state index contributed by atoms with van der Waals surface area (Å²) in [7, 11) is 1.66. The van der Waals surface area contributed by atoms with Gasteiger partial charge in [0.2, 0.25) is 5.91 Å².